The van der Waals surface area contributed by atoms with Crippen molar-refractivity contribution in [2.24, 2.45) is 0 Å². The molecule has 0 unspecified atom stereocenters. The smallest absolute Gasteiger partial charge is 0.119 e. The summed E-state index contributed by atoms with van der Waals surface area (Å²) >= 11 is 0. The lowest BCUT2D eigenvalue weighted by molar-refractivity contribution is 0.414. The molecule has 0 aliphatic carbocycles. The molecule has 0 aliphatic heterocycles. The summed E-state index contributed by atoms with van der Waals surface area (Å²) in [7, 11) is 1.69. The van der Waals surface area contributed by atoms with Gasteiger partial charge in [-0.2, -0.15) is 0 Å². The number of methoxy groups -OCH3 is 1. The number of fused-ring (bicyclic) bond motifs is 1. The van der Waals surface area contributed by atoms with Gasteiger partial charge in [-0.05, 0) is 41.3 Å². The Hall–Kier alpha value is -2.42. The largest absolute Gasteiger partial charge is 0.497 e. The van der Waals surface area contributed by atoms with Gasteiger partial charge in [-0.15, -0.1) is 0 Å². The number of nitrogens with two attached hydrogens (primary N) is 1. The Morgan fingerprint density at radius 2 is 2.00 bits per heavy atom. The van der Waals surface area contributed by atoms with Crippen molar-refractivity contribution in [1.29, 1.82) is 0 Å². The molecule has 0 radical (unpaired) electrons. The first-order valence-electron chi connectivity index (χ1n) is 6.23. The van der Waals surface area contributed by atoms with Crippen LogP contribution >= 0.6 is 0 Å². The van der Waals surface area contributed by atoms with Crippen molar-refractivity contribution >= 4 is 16.6 Å². The molecule has 0 spiro atoms. The molecule has 0 saturated heterocycles. The molecule has 3 rings (SSSR count). The Balaban J connectivity index is 1.98. The molecule has 19 heavy (non-hydrogen) atoms. The third kappa shape index (κ3) is 2.27. The van der Waals surface area contributed by atoms with Gasteiger partial charge in [-0.25, -0.2) is 0 Å². The van der Waals surface area contributed by atoms with Gasteiger partial charge in [0.2, 0.25) is 0 Å². The Bertz CT molecular complexity index is 716. The second-order valence-corrected chi connectivity index (χ2v) is 4.61. The summed E-state index contributed by atoms with van der Waals surface area (Å²) in [6, 6.07) is 16.2. The van der Waals surface area contributed by atoms with E-state index in [0.29, 0.717) is 0 Å². The van der Waals surface area contributed by atoms with E-state index in [1.165, 1.54) is 10.9 Å². The second kappa shape index (κ2) is 4.69. The van der Waals surface area contributed by atoms with Gasteiger partial charge >= 0.3 is 0 Å². The molecular weight excluding hydrogens is 236 g/mol. The molecule has 0 amide bonds. The Kier molecular flexibility index (Phi) is 2.88. The molecule has 96 valence electrons. The summed E-state index contributed by atoms with van der Waals surface area (Å²) < 4.78 is 7.45. The van der Waals surface area contributed by atoms with E-state index in [1.807, 2.05) is 30.3 Å². The van der Waals surface area contributed by atoms with Crippen LogP contribution in [-0.2, 0) is 6.54 Å². The lowest BCUT2D eigenvalue weighted by Crippen LogP contribution is -1.98. The van der Waals surface area contributed by atoms with E-state index < -0.39 is 0 Å². The molecule has 0 fully saturated rings. The summed E-state index contributed by atoms with van der Waals surface area (Å²) in [6.45, 7) is 0.810. The predicted octanol–water partition coefficient (Wildman–Crippen LogP) is 3.28. The van der Waals surface area contributed by atoms with Crippen LogP contribution in [0, 0.1) is 0 Å². The minimum absolute atomic E-state index is 0.790. The maximum Gasteiger partial charge on any atom is 0.119 e. The zero-order valence-electron chi connectivity index (χ0n) is 10.8. The topological polar surface area (TPSA) is 40.2 Å². The van der Waals surface area contributed by atoms with Crippen molar-refractivity contribution in [3.8, 4) is 5.75 Å². The SMILES string of the molecule is COc1cccc(Cn2ccc3ccc(N)cc32)c1. The van der Waals surface area contributed by atoms with E-state index in [2.05, 4.69) is 29.0 Å². The maximum absolute atomic E-state index is 5.86. The van der Waals surface area contributed by atoms with Gasteiger partial charge in [0.15, 0.2) is 0 Å². The van der Waals surface area contributed by atoms with Gasteiger partial charge in [0, 0.05) is 18.4 Å². The van der Waals surface area contributed by atoms with Crippen LogP contribution in [0.5, 0.6) is 5.75 Å². The quantitative estimate of drug-likeness (QED) is 0.727. The first kappa shape index (κ1) is 11.7. The van der Waals surface area contributed by atoms with Gasteiger partial charge in [-0.1, -0.05) is 18.2 Å². The first-order chi connectivity index (χ1) is 9.26. The molecule has 2 aromatic carbocycles. The average Bonchev–Trinajstić information content (AvgIpc) is 2.81. The van der Waals surface area contributed by atoms with Crippen LogP contribution < -0.4 is 10.5 Å². The first-order valence-corrected chi connectivity index (χ1v) is 6.23. The zero-order chi connectivity index (χ0) is 13.2. The van der Waals surface area contributed by atoms with Gasteiger partial charge in [-0.3, -0.25) is 0 Å². The van der Waals surface area contributed by atoms with Crippen LogP contribution in [-0.4, -0.2) is 11.7 Å². The minimum atomic E-state index is 0.790. The van der Waals surface area contributed by atoms with Gasteiger partial charge in [0.1, 0.15) is 5.75 Å². The summed E-state index contributed by atoms with van der Waals surface area (Å²) in [5, 5.41) is 1.21. The zero-order valence-corrected chi connectivity index (χ0v) is 10.8. The molecule has 3 aromatic rings. The number of hydrogen-bond donors (Lipinski definition) is 1. The molecule has 0 bridgehead atoms. The van der Waals surface area contributed by atoms with Crippen LogP contribution in [0.15, 0.2) is 54.7 Å². The number of benzene rings is 2. The minimum Gasteiger partial charge on any atom is -0.497 e. The fourth-order valence-electron chi connectivity index (χ4n) is 2.31. The molecule has 3 nitrogen and oxygen atoms in total. The third-order valence-corrected chi connectivity index (χ3v) is 3.29. The lowest BCUT2D eigenvalue weighted by atomic mass is 10.2. The standard InChI is InChI=1S/C16H16N2O/c1-19-15-4-2-3-12(9-15)11-18-8-7-13-5-6-14(17)10-16(13)18/h2-10H,11,17H2,1H3. The Morgan fingerprint density at radius 1 is 1.11 bits per heavy atom. The van der Waals surface area contributed by atoms with Gasteiger partial charge in [0.05, 0.1) is 12.6 Å². The number of ether oxygens (including phenoxy) is 1. The highest BCUT2D eigenvalue weighted by Crippen LogP contribution is 2.21. The highest BCUT2D eigenvalue weighted by molar-refractivity contribution is 5.83. The van der Waals surface area contributed by atoms with E-state index in [-0.39, 0.29) is 0 Å². The number of anilines is 1. The third-order valence-electron chi connectivity index (χ3n) is 3.29. The highest BCUT2D eigenvalue weighted by Gasteiger charge is 2.03. The highest BCUT2D eigenvalue weighted by atomic mass is 16.5. The normalized spacial score (nSPS) is 10.8. The Morgan fingerprint density at radius 3 is 2.84 bits per heavy atom. The molecule has 0 saturated carbocycles. The van der Waals surface area contributed by atoms with E-state index in [1.54, 1.807) is 7.11 Å². The molecule has 0 aliphatic rings. The average molecular weight is 252 g/mol. The van der Waals surface area contributed by atoms with Crippen molar-refractivity contribution in [3.05, 3.63) is 60.3 Å². The monoisotopic (exact) mass is 252 g/mol. The van der Waals surface area contributed by atoms with Crippen molar-refractivity contribution in [2.75, 3.05) is 12.8 Å². The van der Waals surface area contributed by atoms with E-state index in [0.717, 1.165) is 23.5 Å². The van der Waals surface area contributed by atoms with Crippen molar-refractivity contribution < 1.29 is 4.74 Å². The van der Waals surface area contributed by atoms with Crippen molar-refractivity contribution in [1.82, 2.24) is 4.57 Å². The summed E-state index contributed by atoms with van der Waals surface area (Å²) in [5.74, 6) is 0.883. The van der Waals surface area contributed by atoms with Crippen LogP contribution in [0.25, 0.3) is 10.9 Å². The predicted molar refractivity (Wildman–Crippen MR) is 78.4 cm³/mol. The molecular formula is C16H16N2O. The van der Waals surface area contributed by atoms with Crippen molar-refractivity contribution in [2.45, 2.75) is 6.54 Å². The van der Waals surface area contributed by atoms with Crippen LogP contribution in [0.2, 0.25) is 0 Å². The number of aromatic nitrogens is 1. The number of nitrogens with zero attached hydrogens (tertiary/aromatic N) is 1. The summed E-state index contributed by atoms with van der Waals surface area (Å²) in [5.41, 5.74) is 9.01. The molecule has 1 heterocycles. The molecule has 0 atom stereocenters. The molecule has 3 heteroatoms. The molecule has 2 N–H and O–H groups in total. The maximum atomic E-state index is 5.86. The van der Waals surface area contributed by atoms with Crippen molar-refractivity contribution in [3.63, 3.8) is 0 Å². The Labute approximate surface area is 112 Å². The summed E-state index contributed by atoms with van der Waals surface area (Å²) in [4.78, 5) is 0. The fourth-order valence-corrected chi connectivity index (χ4v) is 2.31. The number of nitrogen functional groups attached to an aromatic ring is 1. The second-order valence-electron chi connectivity index (χ2n) is 4.61. The van der Waals surface area contributed by atoms with Crippen LogP contribution in [0.4, 0.5) is 5.69 Å². The summed E-state index contributed by atoms with van der Waals surface area (Å²) in [6.07, 6.45) is 2.09. The van der Waals surface area contributed by atoms with Crippen LogP contribution in [0.1, 0.15) is 5.56 Å². The number of rotatable bonds is 3. The lowest BCUT2D eigenvalue weighted by Gasteiger charge is -2.08. The molecule has 1 aromatic heterocycles. The van der Waals surface area contributed by atoms with E-state index >= 15 is 0 Å². The van der Waals surface area contributed by atoms with Gasteiger partial charge in [0.25, 0.3) is 0 Å². The van der Waals surface area contributed by atoms with Crippen LogP contribution in [0.3, 0.4) is 0 Å². The fraction of sp³-hybridized carbons (Fsp3) is 0.125. The number of hydrogen-bond acceptors (Lipinski definition) is 2. The van der Waals surface area contributed by atoms with Gasteiger partial charge < -0.3 is 15.0 Å². The van der Waals surface area contributed by atoms with E-state index in [9.17, 15) is 0 Å². The van der Waals surface area contributed by atoms with E-state index in [4.69, 9.17) is 10.5 Å².